The highest BCUT2D eigenvalue weighted by atomic mass is 16.5. The Labute approximate surface area is 159 Å². The van der Waals surface area contributed by atoms with Crippen molar-refractivity contribution in [1.82, 2.24) is 25.1 Å². The van der Waals surface area contributed by atoms with Crippen molar-refractivity contribution in [3.63, 3.8) is 0 Å². The van der Waals surface area contributed by atoms with Crippen LogP contribution >= 0.6 is 0 Å². The standard InChI is InChI=1S/C19H28N6O2/c1-13(2)18-22-21-16-5-6-17(23-25(16)18)24-9-7-14(8-10-24)19(26)20-12-15-4-3-11-27-15/h5-6,13-15H,3-4,7-12H2,1-2H3,(H,20,26)/t15-/m0/s1. The molecule has 0 aromatic carbocycles. The van der Waals surface area contributed by atoms with Crippen molar-refractivity contribution in [1.29, 1.82) is 0 Å². The summed E-state index contributed by atoms with van der Waals surface area (Å²) in [5.74, 6) is 2.29. The SMILES string of the molecule is CC(C)c1nnc2ccc(N3CCC(C(=O)NC[C@@H]4CCCO4)CC3)nn12. The normalized spacial score (nSPS) is 21.3. The van der Waals surface area contributed by atoms with E-state index in [9.17, 15) is 4.79 Å². The Kier molecular flexibility index (Phi) is 5.24. The maximum Gasteiger partial charge on any atom is 0.223 e. The van der Waals surface area contributed by atoms with Crippen LogP contribution in [0, 0.1) is 5.92 Å². The van der Waals surface area contributed by atoms with Crippen LogP contribution in [0.15, 0.2) is 12.1 Å². The molecule has 2 aromatic heterocycles. The molecule has 2 fully saturated rings. The molecular weight excluding hydrogens is 344 g/mol. The first-order valence-electron chi connectivity index (χ1n) is 9.98. The molecule has 146 valence electrons. The molecule has 0 spiro atoms. The van der Waals surface area contributed by atoms with Crippen LogP contribution in [0.2, 0.25) is 0 Å². The molecule has 1 N–H and O–H groups in total. The van der Waals surface area contributed by atoms with Gasteiger partial charge in [0, 0.05) is 38.1 Å². The first-order chi connectivity index (χ1) is 13.1. The van der Waals surface area contributed by atoms with Crippen LogP contribution in [0.5, 0.6) is 0 Å². The molecule has 4 heterocycles. The summed E-state index contributed by atoms with van der Waals surface area (Å²) in [6.07, 6.45) is 4.03. The Morgan fingerprint density at radius 2 is 2.07 bits per heavy atom. The van der Waals surface area contributed by atoms with Crippen molar-refractivity contribution in [2.75, 3.05) is 31.1 Å². The number of anilines is 1. The van der Waals surface area contributed by atoms with Gasteiger partial charge in [0.15, 0.2) is 11.5 Å². The Morgan fingerprint density at radius 3 is 2.78 bits per heavy atom. The Hall–Kier alpha value is -2.22. The lowest BCUT2D eigenvalue weighted by atomic mass is 9.96. The number of hydrogen-bond acceptors (Lipinski definition) is 6. The second-order valence-electron chi connectivity index (χ2n) is 7.82. The van der Waals surface area contributed by atoms with Crippen LogP contribution in [0.25, 0.3) is 5.65 Å². The van der Waals surface area contributed by atoms with Crippen molar-refractivity contribution in [2.24, 2.45) is 5.92 Å². The average molecular weight is 372 g/mol. The maximum absolute atomic E-state index is 12.4. The Balaban J connectivity index is 1.35. The summed E-state index contributed by atoms with van der Waals surface area (Å²) in [7, 11) is 0. The zero-order chi connectivity index (χ0) is 18.8. The minimum Gasteiger partial charge on any atom is -0.376 e. The van der Waals surface area contributed by atoms with Crippen molar-refractivity contribution < 1.29 is 9.53 Å². The zero-order valence-corrected chi connectivity index (χ0v) is 16.1. The molecule has 2 saturated heterocycles. The van der Waals surface area contributed by atoms with Crippen LogP contribution < -0.4 is 10.2 Å². The van der Waals surface area contributed by atoms with Crippen LogP contribution in [-0.2, 0) is 9.53 Å². The minimum absolute atomic E-state index is 0.0764. The van der Waals surface area contributed by atoms with E-state index in [2.05, 4.69) is 34.3 Å². The van der Waals surface area contributed by atoms with Gasteiger partial charge in [-0.1, -0.05) is 13.8 Å². The van der Waals surface area contributed by atoms with E-state index >= 15 is 0 Å². The number of piperidine rings is 1. The lowest BCUT2D eigenvalue weighted by Gasteiger charge is -2.32. The predicted molar refractivity (Wildman–Crippen MR) is 102 cm³/mol. The lowest BCUT2D eigenvalue weighted by molar-refractivity contribution is -0.126. The Bertz CT molecular complexity index is 791. The summed E-state index contributed by atoms with van der Waals surface area (Å²) in [4.78, 5) is 14.7. The van der Waals surface area contributed by atoms with Gasteiger partial charge in [-0.3, -0.25) is 4.79 Å². The smallest absolute Gasteiger partial charge is 0.223 e. The third-order valence-electron chi connectivity index (χ3n) is 5.51. The van der Waals surface area contributed by atoms with E-state index in [0.29, 0.717) is 6.54 Å². The summed E-state index contributed by atoms with van der Waals surface area (Å²) in [6.45, 7) is 7.30. The molecule has 0 unspecified atom stereocenters. The number of nitrogens with one attached hydrogen (secondary N) is 1. The molecule has 8 heteroatoms. The summed E-state index contributed by atoms with van der Waals surface area (Å²) in [5, 5.41) is 16.2. The van der Waals surface area contributed by atoms with Gasteiger partial charge in [-0.15, -0.1) is 15.3 Å². The molecule has 2 aliphatic heterocycles. The van der Waals surface area contributed by atoms with Gasteiger partial charge in [0.1, 0.15) is 5.82 Å². The van der Waals surface area contributed by atoms with Crippen molar-refractivity contribution in [3.05, 3.63) is 18.0 Å². The second kappa shape index (κ2) is 7.80. The van der Waals surface area contributed by atoms with Gasteiger partial charge in [-0.25, -0.2) is 0 Å². The molecule has 0 saturated carbocycles. The summed E-state index contributed by atoms with van der Waals surface area (Å²) in [6, 6.07) is 3.95. The highest BCUT2D eigenvalue weighted by Gasteiger charge is 2.27. The van der Waals surface area contributed by atoms with Gasteiger partial charge in [-0.2, -0.15) is 4.52 Å². The highest BCUT2D eigenvalue weighted by molar-refractivity contribution is 5.79. The van der Waals surface area contributed by atoms with Crippen molar-refractivity contribution >= 4 is 17.4 Å². The number of rotatable bonds is 5. The molecular formula is C19H28N6O2. The molecule has 2 aliphatic rings. The van der Waals surface area contributed by atoms with E-state index in [-0.39, 0.29) is 23.8 Å². The molecule has 0 bridgehead atoms. The number of ether oxygens (including phenoxy) is 1. The van der Waals surface area contributed by atoms with E-state index in [1.807, 2.05) is 16.6 Å². The summed E-state index contributed by atoms with van der Waals surface area (Å²) >= 11 is 0. The lowest BCUT2D eigenvalue weighted by Crippen LogP contribution is -2.42. The van der Waals surface area contributed by atoms with Gasteiger partial charge in [0.2, 0.25) is 5.91 Å². The molecule has 1 atom stereocenters. The van der Waals surface area contributed by atoms with Gasteiger partial charge in [-0.05, 0) is 37.8 Å². The molecule has 0 aliphatic carbocycles. The van der Waals surface area contributed by atoms with E-state index in [1.165, 1.54) is 0 Å². The van der Waals surface area contributed by atoms with Crippen molar-refractivity contribution in [3.8, 4) is 0 Å². The molecule has 1 amide bonds. The molecule has 0 radical (unpaired) electrons. The number of hydrogen-bond donors (Lipinski definition) is 1. The van der Waals surface area contributed by atoms with E-state index in [1.54, 1.807) is 0 Å². The fraction of sp³-hybridized carbons (Fsp3) is 0.684. The monoisotopic (exact) mass is 372 g/mol. The quantitative estimate of drug-likeness (QED) is 0.861. The van der Waals surface area contributed by atoms with Gasteiger partial charge < -0.3 is 15.0 Å². The number of carbonyl (C=O) groups is 1. The maximum atomic E-state index is 12.4. The third-order valence-corrected chi connectivity index (χ3v) is 5.51. The fourth-order valence-corrected chi connectivity index (χ4v) is 3.86. The number of fused-ring (bicyclic) bond motifs is 1. The zero-order valence-electron chi connectivity index (χ0n) is 16.1. The fourth-order valence-electron chi connectivity index (χ4n) is 3.86. The number of aromatic nitrogens is 4. The summed E-state index contributed by atoms with van der Waals surface area (Å²) < 4.78 is 7.41. The Morgan fingerprint density at radius 1 is 1.26 bits per heavy atom. The van der Waals surface area contributed by atoms with Gasteiger partial charge >= 0.3 is 0 Å². The first kappa shape index (κ1) is 18.2. The third kappa shape index (κ3) is 3.90. The topological polar surface area (TPSA) is 84.7 Å². The molecule has 8 nitrogen and oxygen atoms in total. The first-order valence-corrected chi connectivity index (χ1v) is 9.98. The average Bonchev–Trinajstić information content (AvgIpc) is 3.35. The van der Waals surface area contributed by atoms with Crippen LogP contribution in [0.3, 0.4) is 0 Å². The van der Waals surface area contributed by atoms with Crippen LogP contribution in [0.1, 0.15) is 51.3 Å². The highest BCUT2D eigenvalue weighted by Crippen LogP contribution is 2.23. The number of nitrogens with zero attached hydrogens (tertiary/aromatic N) is 5. The van der Waals surface area contributed by atoms with Gasteiger partial charge in [0.05, 0.1) is 6.10 Å². The van der Waals surface area contributed by atoms with Gasteiger partial charge in [0.25, 0.3) is 0 Å². The van der Waals surface area contributed by atoms with E-state index < -0.39 is 0 Å². The number of carbonyl (C=O) groups excluding carboxylic acids is 1. The molecule has 2 aromatic rings. The van der Waals surface area contributed by atoms with Crippen LogP contribution in [-0.4, -0.2) is 58.1 Å². The van der Waals surface area contributed by atoms with E-state index in [0.717, 1.165) is 62.7 Å². The minimum atomic E-state index is 0.0764. The molecule has 4 rings (SSSR count). The van der Waals surface area contributed by atoms with Crippen molar-refractivity contribution in [2.45, 2.75) is 51.6 Å². The second-order valence-corrected chi connectivity index (χ2v) is 7.82. The number of amides is 1. The predicted octanol–water partition coefficient (Wildman–Crippen LogP) is 1.76. The summed E-state index contributed by atoms with van der Waals surface area (Å²) in [5.41, 5.74) is 0.769. The molecule has 27 heavy (non-hydrogen) atoms. The van der Waals surface area contributed by atoms with E-state index in [4.69, 9.17) is 9.84 Å². The van der Waals surface area contributed by atoms with Crippen LogP contribution in [0.4, 0.5) is 5.82 Å². The largest absolute Gasteiger partial charge is 0.376 e.